The van der Waals surface area contributed by atoms with Crippen LogP contribution < -0.4 is 4.90 Å². The number of likely N-dealkylation sites (tertiary alicyclic amines) is 1. The predicted octanol–water partition coefficient (Wildman–Crippen LogP) is 4.00. The number of aliphatic hydroxyl groups is 1. The van der Waals surface area contributed by atoms with Crippen LogP contribution in [0.2, 0.25) is 0 Å². The van der Waals surface area contributed by atoms with Gasteiger partial charge in [-0.05, 0) is 58.0 Å². The highest BCUT2D eigenvalue weighted by Gasteiger charge is 2.15. The highest BCUT2D eigenvalue weighted by Crippen LogP contribution is 2.30. The van der Waals surface area contributed by atoms with Crippen LogP contribution in [0.3, 0.4) is 0 Å². The largest absolute Gasteiger partial charge is 0.400 e. The lowest BCUT2D eigenvalue weighted by molar-refractivity contribution is 0.349. The Kier molecular flexibility index (Phi) is 8.50. The summed E-state index contributed by atoms with van der Waals surface area (Å²) in [6.07, 6.45) is 8.35. The van der Waals surface area contributed by atoms with Crippen molar-refractivity contribution in [1.29, 1.82) is 0 Å². The van der Waals surface area contributed by atoms with Crippen molar-refractivity contribution in [3.63, 3.8) is 0 Å². The molecule has 1 aromatic carbocycles. The Morgan fingerprint density at radius 3 is 2.08 bits per heavy atom. The van der Waals surface area contributed by atoms with Crippen LogP contribution in [0.15, 0.2) is 24.3 Å². The zero-order valence-corrected chi connectivity index (χ0v) is 15.9. The number of benzene rings is 1. The van der Waals surface area contributed by atoms with Crippen LogP contribution >= 0.6 is 11.3 Å². The van der Waals surface area contributed by atoms with E-state index in [4.69, 9.17) is 5.11 Å². The van der Waals surface area contributed by atoms with Gasteiger partial charge in [-0.1, -0.05) is 36.3 Å². The average molecular weight is 350 g/mol. The molecule has 4 rings (SSSR count). The van der Waals surface area contributed by atoms with Gasteiger partial charge in [-0.15, -0.1) is 0 Å². The van der Waals surface area contributed by atoms with E-state index >= 15 is 0 Å². The SMILES string of the molecule is CN1CCCCCC1.CO.c1ccc2sc(N3CCCC3)nc2c1. The first-order valence-corrected chi connectivity index (χ1v) is 9.88. The second kappa shape index (κ2) is 10.6. The highest BCUT2D eigenvalue weighted by molar-refractivity contribution is 7.22. The van der Waals surface area contributed by atoms with Crippen LogP contribution in [0.5, 0.6) is 0 Å². The maximum absolute atomic E-state index is 7.00. The van der Waals surface area contributed by atoms with Gasteiger partial charge in [0.05, 0.1) is 10.2 Å². The van der Waals surface area contributed by atoms with Gasteiger partial charge < -0.3 is 14.9 Å². The number of para-hydroxylation sites is 1. The zero-order valence-electron chi connectivity index (χ0n) is 15.1. The molecule has 5 heteroatoms. The summed E-state index contributed by atoms with van der Waals surface area (Å²) in [7, 11) is 3.21. The Morgan fingerprint density at radius 2 is 1.46 bits per heavy atom. The Morgan fingerprint density at radius 1 is 0.875 bits per heavy atom. The molecule has 0 radical (unpaired) electrons. The van der Waals surface area contributed by atoms with Crippen LogP contribution in [0.25, 0.3) is 10.2 Å². The quantitative estimate of drug-likeness (QED) is 0.845. The van der Waals surface area contributed by atoms with Gasteiger partial charge in [0.25, 0.3) is 0 Å². The highest BCUT2D eigenvalue weighted by atomic mass is 32.1. The predicted molar refractivity (Wildman–Crippen MR) is 105 cm³/mol. The third-order valence-corrected chi connectivity index (χ3v) is 5.59. The summed E-state index contributed by atoms with van der Waals surface area (Å²) in [4.78, 5) is 9.46. The van der Waals surface area contributed by atoms with E-state index in [-0.39, 0.29) is 0 Å². The van der Waals surface area contributed by atoms with Crippen molar-refractivity contribution in [2.24, 2.45) is 0 Å². The van der Waals surface area contributed by atoms with Crippen LogP contribution in [-0.4, -0.2) is 55.3 Å². The summed E-state index contributed by atoms with van der Waals surface area (Å²) in [5.41, 5.74) is 1.14. The van der Waals surface area contributed by atoms with Gasteiger partial charge >= 0.3 is 0 Å². The maximum atomic E-state index is 7.00. The molecule has 2 aromatic rings. The fraction of sp³-hybridized carbons (Fsp3) is 0.632. The van der Waals surface area contributed by atoms with Crippen molar-refractivity contribution in [2.45, 2.75) is 38.5 Å². The molecule has 3 heterocycles. The Bertz CT molecular complexity index is 540. The third-order valence-electron chi connectivity index (χ3n) is 4.49. The molecule has 0 spiro atoms. The minimum atomic E-state index is 1.00. The molecule has 2 saturated heterocycles. The lowest BCUT2D eigenvalue weighted by Gasteiger charge is -2.11. The van der Waals surface area contributed by atoms with Gasteiger partial charge in [0.15, 0.2) is 5.13 Å². The van der Waals surface area contributed by atoms with Gasteiger partial charge in [-0.2, -0.15) is 0 Å². The van der Waals surface area contributed by atoms with Crippen molar-refractivity contribution < 1.29 is 5.11 Å². The standard InChI is InChI=1S/C11H12N2S.C7H15N.CH4O/c1-2-6-10-9(5-1)12-11(14-10)13-7-3-4-8-13;1-8-6-4-2-3-5-7-8;1-2/h1-2,5-6H,3-4,7-8H2;2-7H2,1H3;2H,1H3. The van der Waals surface area contributed by atoms with Crippen LogP contribution in [0.1, 0.15) is 38.5 Å². The molecule has 2 fully saturated rings. The van der Waals surface area contributed by atoms with Gasteiger partial charge in [0.1, 0.15) is 0 Å². The molecule has 1 aromatic heterocycles. The number of nitrogens with zero attached hydrogens (tertiary/aromatic N) is 3. The second-order valence-electron chi connectivity index (χ2n) is 6.38. The summed E-state index contributed by atoms with van der Waals surface area (Å²) in [6, 6.07) is 8.36. The molecule has 0 aliphatic carbocycles. The normalized spacial score (nSPS) is 18.4. The van der Waals surface area contributed by atoms with Crippen molar-refractivity contribution in [3.05, 3.63) is 24.3 Å². The zero-order chi connectivity index (χ0) is 17.2. The fourth-order valence-corrected chi connectivity index (χ4v) is 4.15. The van der Waals surface area contributed by atoms with E-state index in [1.54, 1.807) is 0 Å². The van der Waals surface area contributed by atoms with E-state index in [9.17, 15) is 0 Å². The lowest BCUT2D eigenvalue weighted by Crippen LogP contribution is -2.18. The molecule has 0 saturated carbocycles. The average Bonchev–Trinajstić information content (AvgIpc) is 3.24. The van der Waals surface area contributed by atoms with Gasteiger partial charge in [-0.25, -0.2) is 4.98 Å². The van der Waals surface area contributed by atoms with Crippen molar-refractivity contribution in [2.75, 3.05) is 45.2 Å². The summed E-state index contributed by atoms with van der Waals surface area (Å²) in [5.74, 6) is 0. The van der Waals surface area contributed by atoms with E-state index in [0.29, 0.717) is 0 Å². The molecule has 2 aliphatic heterocycles. The summed E-state index contributed by atoms with van der Waals surface area (Å²) in [5, 5.41) is 8.20. The van der Waals surface area contributed by atoms with Gasteiger partial charge in [0, 0.05) is 20.2 Å². The Hall–Kier alpha value is -1.17. The molecule has 2 aliphatic rings. The molecular weight excluding hydrogens is 318 g/mol. The first-order valence-electron chi connectivity index (χ1n) is 9.07. The molecule has 24 heavy (non-hydrogen) atoms. The van der Waals surface area contributed by atoms with Gasteiger partial charge in [0.2, 0.25) is 0 Å². The first kappa shape index (κ1) is 19.2. The van der Waals surface area contributed by atoms with E-state index in [2.05, 4.69) is 46.1 Å². The molecule has 4 nitrogen and oxygen atoms in total. The number of rotatable bonds is 1. The third kappa shape index (κ3) is 5.72. The van der Waals surface area contributed by atoms with E-state index < -0.39 is 0 Å². The minimum Gasteiger partial charge on any atom is -0.400 e. The molecular formula is C19H31N3OS. The number of thiazole rings is 1. The number of hydrogen-bond donors (Lipinski definition) is 1. The second-order valence-corrected chi connectivity index (χ2v) is 7.38. The number of fused-ring (bicyclic) bond motifs is 1. The van der Waals surface area contributed by atoms with Crippen molar-refractivity contribution in [3.8, 4) is 0 Å². The minimum absolute atomic E-state index is 1.00. The Balaban J connectivity index is 0.000000179. The number of aliphatic hydroxyl groups excluding tert-OH is 1. The molecule has 1 N–H and O–H groups in total. The summed E-state index contributed by atoms with van der Waals surface area (Å²) in [6.45, 7) is 5.00. The van der Waals surface area contributed by atoms with E-state index in [1.807, 2.05) is 11.3 Å². The smallest absolute Gasteiger partial charge is 0.186 e. The number of anilines is 1. The number of aromatic nitrogens is 1. The van der Waals surface area contributed by atoms with Crippen molar-refractivity contribution in [1.82, 2.24) is 9.88 Å². The summed E-state index contributed by atoms with van der Waals surface area (Å²) < 4.78 is 1.30. The lowest BCUT2D eigenvalue weighted by atomic mass is 10.2. The van der Waals surface area contributed by atoms with E-state index in [0.717, 1.165) is 12.6 Å². The monoisotopic (exact) mass is 349 g/mol. The van der Waals surface area contributed by atoms with Crippen molar-refractivity contribution >= 4 is 26.7 Å². The molecule has 0 bridgehead atoms. The van der Waals surface area contributed by atoms with Crippen LogP contribution in [-0.2, 0) is 0 Å². The fourth-order valence-electron chi connectivity index (χ4n) is 3.13. The molecule has 134 valence electrons. The first-order chi connectivity index (χ1) is 11.8. The van der Waals surface area contributed by atoms with Gasteiger partial charge in [-0.3, -0.25) is 0 Å². The number of hydrogen-bond acceptors (Lipinski definition) is 5. The maximum Gasteiger partial charge on any atom is 0.186 e. The molecule has 0 unspecified atom stereocenters. The summed E-state index contributed by atoms with van der Waals surface area (Å²) >= 11 is 1.81. The van der Waals surface area contributed by atoms with E-state index in [1.165, 1.54) is 74.5 Å². The van der Waals surface area contributed by atoms with Crippen LogP contribution in [0, 0.1) is 0 Å². The topological polar surface area (TPSA) is 39.6 Å². The van der Waals surface area contributed by atoms with Crippen LogP contribution in [0.4, 0.5) is 5.13 Å². The Labute approximate surface area is 150 Å². The molecule has 0 atom stereocenters. The molecule has 0 amide bonds.